The van der Waals surface area contributed by atoms with Gasteiger partial charge in [-0.15, -0.1) is 11.8 Å². The number of fused-ring (bicyclic) bond motifs is 1. The molecule has 2 aromatic rings. The van der Waals surface area contributed by atoms with Crippen LogP contribution in [0.1, 0.15) is 24.0 Å². The molecular formula is C17H17N3O5S. The van der Waals surface area contributed by atoms with Crippen molar-refractivity contribution >= 4 is 17.7 Å². The SMILES string of the molecule is CCOC(=O)C1=C(N)Oc2[nH]c(=O)[nH]c(=O)c2[C@H]1c1ccc(SC)cc1. The minimum absolute atomic E-state index is 0.0220. The van der Waals surface area contributed by atoms with Gasteiger partial charge in [0, 0.05) is 4.90 Å². The molecule has 0 unspecified atom stereocenters. The van der Waals surface area contributed by atoms with E-state index in [4.69, 9.17) is 15.2 Å². The predicted octanol–water partition coefficient (Wildman–Crippen LogP) is 1.04. The quantitative estimate of drug-likeness (QED) is 0.538. The van der Waals surface area contributed by atoms with E-state index in [0.29, 0.717) is 5.56 Å². The van der Waals surface area contributed by atoms with E-state index < -0.39 is 23.1 Å². The Bertz CT molecular complexity index is 991. The normalized spacial score (nSPS) is 16.0. The molecule has 4 N–H and O–H groups in total. The molecule has 0 radical (unpaired) electrons. The van der Waals surface area contributed by atoms with Crippen molar-refractivity contribution in [2.45, 2.75) is 17.7 Å². The van der Waals surface area contributed by atoms with Crippen LogP contribution in [0.5, 0.6) is 5.88 Å². The summed E-state index contributed by atoms with van der Waals surface area (Å²) in [4.78, 5) is 42.1. The zero-order valence-corrected chi connectivity index (χ0v) is 14.9. The molecule has 2 heterocycles. The van der Waals surface area contributed by atoms with Gasteiger partial charge in [0.1, 0.15) is 5.57 Å². The zero-order valence-electron chi connectivity index (χ0n) is 14.1. The molecule has 0 amide bonds. The van der Waals surface area contributed by atoms with Crippen LogP contribution < -0.4 is 21.7 Å². The van der Waals surface area contributed by atoms with Crippen molar-refractivity contribution in [1.29, 1.82) is 0 Å². The van der Waals surface area contributed by atoms with Crippen LogP contribution in [-0.4, -0.2) is 28.8 Å². The van der Waals surface area contributed by atoms with E-state index in [1.807, 2.05) is 18.4 Å². The number of rotatable bonds is 4. The molecule has 1 atom stereocenters. The van der Waals surface area contributed by atoms with Crippen LogP contribution in [0.15, 0.2) is 50.2 Å². The lowest BCUT2D eigenvalue weighted by Gasteiger charge is -2.27. The predicted molar refractivity (Wildman–Crippen MR) is 96.2 cm³/mol. The van der Waals surface area contributed by atoms with Gasteiger partial charge in [-0.2, -0.15) is 0 Å². The third kappa shape index (κ3) is 3.13. The second-order valence-corrected chi connectivity index (χ2v) is 6.34. The third-order valence-corrected chi connectivity index (χ3v) is 4.69. The number of esters is 1. The molecule has 9 heteroatoms. The molecular weight excluding hydrogens is 358 g/mol. The Morgan fingerprint density at radius 3 is 2.58 bits per heavy atom. The molecule has 0 spiro atoms. The Balaban J connectivity index is 2.25. The average molecular weight is 375 g/mol. The Hall–Kier alpha value is -2.94. The Labute approximate surface area is 152 Å². The van der Waals surface area contributed by atoms with Gasteiger partial charge in [0.2, 0.25) is 11.8 Å². The highest BCUT2D eigenvalue weighted by Crippen LogP contribution is 2.39. The Kier molecular flexibility index (Phi) is 4.90. The van der Waals surface area contributed by atoms with Gasteiger partial charge < -0.3 is 15.2 Å². The third-order valence-electron chi connectivity index (χ3n) is 3.94. The van der Waals surface area contributed by atoms with E-state index in [-0.39, 0.29) is 29.5 Å². The van der Waals surface area contributed by atoms with Crippen molar-refractivity contribution in [3.05, 3.63) is 67.7 Å². The molecule has 0 fully saturated rings. The maximum absolute atomic E-state index is 12.5. The van der Waals surface area contributed by atoms with Crippen LogP contribution in [-0.2, 0) is 9.53 Å². The number of H-pyrrole nitrogens is 2. The number of hydrogen-bond acceptors (Lipinski definition) is 7. The highest BCUT2D eigenvalue weighted by Gasteiger charge is 2.38. The first-order valence-electron chi connectivity index (χ1n) is 7.81. The van der Waals surface area contributed by atoms with E-state index in [2.05, 4.69) is 9.97 Å². The summed E-state index contributed by atoms with van der Waals surface area (Å²) in [7, 11) is 0. The Morgan fingerprint density at radius 1 is 1.27 bits per heavy atom. The van der Waals surface area contributed by atoms with Crippen molar-refractivity contribution in [2.75, 3.05) is 12.9 Å². The first-order chi connectivity index (χ1) is 12.5. The molecule has 26 heavy (non-hydrogen) atoms. The molecule has 3 rings (SSSR count). The Morgan fingerprint density at radius 2 is 1.96 bits per heavy atom. The second kappa shape index (κ2) is 7.12. The molecule has 1 aromatic heterocycles. The lowest BCUT2D eigenvalue weighted by atomic mass is 9.84. The van der Waals surface area contributed by atoms with Crippen molar-refractivity contribution in [3.63, 3.8) is 0 Å². The summed E-state index contributed by atoms with van der Waals surface area (Å²) >= 11 is 1.56. The number of hydrogen-bond donors (Lipinski definition) is 3. The van der Waals surface area contributed by atoms with Crippen LogP contribution in [0.4, 0.5) is 0 Å². The van der Waals surface area contributed by atoms with Crippen molar-refractivity contribution in [3.8, 4) is 5.88 Å². The molecule has 1 aliphatic rings. The maximum Gasteiger partial charge on any atom is 0.340 e. The number of aromatic nitrogens is 2. The van der Waals surface area contributed by atoms with Crippen LogP contribution in [0.3, 0.4) is 0 Å². The van der Waals surface area contributed by atoms with Gasteiger partial charge in [-0.05, 0) is 30.9 Å². The number of carbonyl (C=O) groups excluding carboxylic acids is 1. The number of ether oxygens (including phenoxy) is 2. The van der Waals surface area contributed by atoms with Crippen molar-refractivity contribution in [2.24, 2.45) is 5.73 Å². The van der Waals surface area contributed by atoms with Gasteiger partial charge in [-0.25, -0.2) is 9.59 Å². The number of aromatic amines is 2. The number of nitrogens with one attached hydrogen (secondary N) is 2. The fourth-order valence-electron chi connectivity index (χ4n) is 2.83. The van der Waals surface area contributed by atoms with Crippen LogP contribution in [0.2, 0.25) is 0 Å². The monoisotopic (exact) mass is 375 g/mol. The second-order valence-electron chi connectivity index (χ2n) is 5.46. The largest absolute Gasteiger partial charge is 0.462 e. The minimum Gasteiger partial charge on any atom is -0.462 e. The van der Waals surface area contributed by atoms with Gasteiger partial charge in [-0.3, -0.25) is 14.8 Å². The van der Waals surface area contributed by atoms with Gasteiger partial charge in [-0.1, -0.05) is 12.1 Å². The number of nitrogens with two attached hydrogens (primary N) is 1. The summed E-state index contributed by atoms with van der Waals surface area (Å²) in [6.07, 6.45) is 1.94. The first-order valence-corrected chi connectivity index (χ1v) is 9.03. The van der Waals surface area contributed by atoms with E-state index in [9.17, 15) is 14.4 Å². The van der Waals surface area contributed by atoms with Gasteiger partial charge >= 0.3 is 11.7 Å². The van der Waals surface area contributed by atoms with Gasteiger partial charge in [0.25, 0.3) is 5.56 Å². The minimum atomic E-state index is -0.825. The molecule has 0 saturated heterocycles. The first kappa shape index (κ1) is 17.9. The van der Waals surface area contributed by atoms with Gasteiger partial charge in [0.05, 0.1) is 18.1 Å². The fourth-order valence-corrected chi connectivity index (χ4v) is 3.23. The van der Waals surface area contributed by atoms with E-state index in [1.54, 1.807) is 30.8 Å². The molecule has 1 aromatic carbocycles. The van der Waals surface area contributed by atoms with Crippen molar-refractivity contribution < 1.29 is 14.3 Å². The van der Waals surface area contributed by atoms with Crippen LogP contribution in [0.25, 0.3) is 0 Å². The summed E-state index contributed by atoms with van der Waals surface area (Å²) in [6, 6.07) is 7.33. The average Bonchev–Trinajstić information content (AvgIpc) is 2.60. The smallest absolute Gasteiger partial charge is 0.340 e. The molecule has 0 aliphatic carbocycles. The molecule has 136 valence electrons. The van der Waals surface area contributed by atoms with Crippen LogP contribution in [0, 0.1) is 0 Å². The van der Waals surface area contributed by atoms with Gasteiger partial charge in [0.15, 0.2) is 0 Å². The highest BCUT2D eigenvalue weighted by molar-refractivity contribution is 7.98. The summed E-state index contributed by atoms with van der Waals surface area (Å²) in [5.74, 6) is -1.80. The summed E-state index contributed by atoms with van der Waals surface area (Å²) < 4.78 is 10.4. The lowest BCUT2D eigenvalue weighted by Crippen LogP contribution is -2.35. The topological polar surface area (TPSA) is 127 Å². The number of benzene rings is 1. The lowest BCUT2D eigenvalue weighted by molar-refractivity contribution is -0.139. The fraction of sp³-hybridized carbons (Fsp3) is 0.235. The summed E-state index contributed by atoms with van der Waals surface area (Å²) in [5.41, 5.74) is 5.31. The maximum atomic E-state index is 12.5. The van der Waals surface area contributed by atoms with Crippen molar-refractivity contribution in [1.82, 2.24) is 9.97 Å². The summed E-state index contributed by atoms with van der Waals surface area (Å²) in [5, 5.41) is 0. The molecule has 0 saturated carbocycles. The van der Waals surface area contributed by atoms with E-state index in [1.165, 1.54) is 0 Å². The zero-order chi connectivity index (χ0) is 18.8. The highest BCUT2D eigenvalue weighted by atomic mass is 32.2. The van der Waals surface area contributed by atoms with E-state index in [0.717, 1.165) is 4.90 Å². The van der Waals surface area contributed by atoms with Crippen LogP contribution >= 0.6 is 11.8 Å². The van der Waals surface area contributed by atoms with E-state index >= 15 is 0 Å². The molecule has 8 nitrogen and oxygen atoms in total. The number of thioether (sulfide) groups is 1. The number of carbonyl (C=O) groups is 1. The molecule has 1 aliphatic heterocycles. The summed E-state index contributed by atoms with van der Waals surface area (Å²) in [6.45, 7) is 1.81. The standard InChI is InChI=1S/C17H17N3O5S/c1-3-24-16(22)11-10(8-4-6-9(26-2)7-5-8)12-14(21)19-17(23)20-15(12)25-13(11)18/h4-7,10H,3,18H2,1-2H3,(H2,19,20,21,23)/t10-/m0/s1. The molecule has 0 bridgehead atoms.